The van der Waals surface area contributed by atoms with E-state index in [4.69, 9.17) is 21.1 Å². The summed E-state index contributed by atoms with van der Waals surface area (Å²) in [5.41, 5.74) is 0.618. The van der Waals surface area contributed by atoms with Gasteiger partial charge in [-0.3, -0.25) is 0 Å². The van der Waals surface area contributed by atoms with Crippen molar-refractivity contribution in [3.05, 3.63) is 23.6 Å². The molecule has 0 amide bonds. The van der Waals surface area contributed by atoms with Gasteiger partial charge in [-0.05, 0) is 6.07 Å². The molecule has 2 aromatic rings. The quantitative estimate of drug-likeness (QED) is 0.739. The molecule has 0 unspecified atom stereocenters. The minimum Gasteiger partial charge on any atom is -0.493 e. The highest BCUT2D eigenvalue weighted by Crippen LogP contribution is 2.33. The monoisotopic (exact) mass is 345 g/mol. The molecule has 1 aromatic carbocycles. The van der Waals surface area contributed by atoms with Crippen molar-refractivity contribution in [1.82, 2.24) is 14.3 Å². The van der Waals surface area contributed by atoms with Gasteiger partial charge in [-0.25, -0.2) is 22.7 Å². The predicted molar refractivity (Wildman–Crippen MR) is 84.1 cm³/mol. The molecule has 7 nitrogen and oxygen atoms in total. The summed E-state index contributed by atoms with van der Waals surface area (Å²) < 4.78 is 34.7. The van der Waals surface area contributed by atoms with E-state index in [-0.39, 0.29) is 13.2 Å². The summed E-state index contributed by atoms with van der Waals surface area (Å²) in [5, 5.41) is 0.980. The Bertz CT molecular complexity index is 782. The molecule has 0 aliphatic rings. The molecule has 0 atom stereocenters. The fourth-order valence-electron chi connectivity index (χ4n) is 1.75. The average Bonchev–Trinajstić information content (AvgIpc) is 2.46. The number of aromatic nitrogens is 2. The lowest BCUT2D eigenvalue weighted by Crippen LogP contribution is -2.29. The Hall–Kier alpha value is -1.64. The number of halogens is 1. The van der Waals surface area contributed by atoms with Crippen LogP contribution in [0, 0.1) is 0 Å². The number of likely N-dealkylation sites (N-methyl/N-ethyl adjacent to an activating group) is 1. The third-order valence-electron chi connectivity index (χ3n) is 3.10. The molecule has 120 valence electrons. The Morgan fingerprint density at radius 3 is 2.64 bits per heavy atom. The Balaban J connectivity index is 2.20. The second-order valence-corrected chi connectivity index (χ2v) is 7.07. The molecule has 0 aliphatic carbocycles. The molecule has 0 fully saturated rings. The van der Waals surface area contributed by atoms with E-state index in [9.17, 15) is 8.42 Å². The number of rotatable bonds is 6. The van der Waals surface area contributed by atoms with Gasteiger partial charge in [-0.15, -0.1) is 0 Å². The van der Waals surface area contributed by atoms with E-state index in [1.54, 1.807) is 12.1 Å². The van der Waals surface area contributed by atoms with Crippen molar-refractivity contribution in [2.75, 3.05) is 33.6 Å². The van der Waals surface area contributed by atoms with E-state index in [0.29, 0.717) is 27.6 Å². The number of ether oxygens (including phenoxy) is 2. The van der Waals surface area contributed by atoms with Crippen molar-refractivity contribution in [2.45, 2.75) is 0 Å². The van der Waals surface area contributed by atoms with E-state index in [1.165, 1.54) is 24.8 Å². The van der Waals surface area contributed by atoms with E-state index < -0.39 is 10.0 Å². The van der Waals surface area contributed by atoms with Gasteiger partial charge in [0, 0.05) is 25.0 Å². The summed E-state index contributed by atoms with van der Waals surface area (Å²) in [6.45, 7) is 0.412. The summed E-state index contributed by atoms with van der Waals surface area (Å²) >= 11 is 6.01. The second-order valence-electron chi connectivity index (χ2n) is 4.62. The van der Waals surface area contributed by atoms with Crippen molar-refractivity contribution < 1.29 is 17.9 Å². The zero-order valence-corrected chi connectivity index (χ0v) is 14.0. The largest absolute Gasteiger partial charge is 0.493 e. The molecule has 1 heterocycles. The van der Waals surface area contributed by atoms with E-state index in [1.807, 2.05) is 0 Å². The van der Waals surface area contributed by atoms with Crippen LogP contribution >= 0.6 is 11.6 Å². The van der Waals surface area contributed by atoms with Gasteiger partial charge in [0.2, 0.25) is 10.0 Å². The van der Waals surface area contributed by atoms with Gasteiger partial charge in [0.1, 0.15) is 18.1 Å². The number of fused-ring (bicyclic) bond motifs is 1. The van der Waals surface area contributed by atoms with Crippen LogP contribution < -0.4 is 9.47 Å². The first-order valence-corrected chi connectivity index (χ1v) is 8.58. The summed E-state index contributed by atoms with van der Waals surface area (Å²) in [4.78, 5) is 8.03. The molecule has 0 bridgehead atoms. The van der Waals surface area contributed by atoms with Gasteiger partial charge in [0.25, 0.3) is 0 Å². The van der Waals surface area contributed by atoms with Crippen LogP contribution in [0.5, 0.6) is 11.5 Å². The molecule has 0 saturated carbocycles. The summed E-state index contributed by atoms with van der Waals surface area (Å²) in [6, 6.07) is 3.37. The van der Waals surface area contributed by atoms with Crippen LogP contribution in [0.25, 0.3) is 10.9 Å². The van der Waals surface area contributed by atoms with Gasteiger partial charge in [-0.2, -0.15) is 0 Å². The second kappa shape index (κ2) is 6.64. The van der Waals surface area contributed by atoms with Gasteiger partial charge >= 0.3 is 0 Å². The smallest absolute Gasteiger partial charge is 0.211 e. The van der Waals surface area contributed by atoms with Crippen LogP contribution in [0.1, 0.15) is 0 Å². The van der Waals surface area contributed by atoms with Crippen LogP contribution in [0.3, 0.4) is 0 Å². The van der Waals surface area contributed by atoms with Crippen LogP contribution in [-0.4, -0.2) is 56.3 Å². The summed E-state index contributed by atoms with van der Waals surface area (Å²) in [7, 11) is -0.232. The van der Waals surface area contributed by atoms with Crippen LogP contribution in [-0.2, 0) is 10.0 Å². The average molecular weight is 346 g/mol. The van der Waals surface area contributed by atoms with E-state index >= 15 is 0 Å². The first-order valence-electron chi connectivity index (χ1n) is 6.35. The number of sulfonamides is 1. The fourth-order valence-corrected chi connectivity index (χ4v) is 2.36. The number of hydrogen-bond acceptors (Lipinski definition) is 6. The SMILES string of the molecule is COc1cc2c(Cl)ncnc2cc1OCCN(C)S(C)(=O)=O. The molecule has 22 heavy (non-hydrogen) atoms. The molecule has 0 spiro atoms. The lowest BCUT2D eigenvalue weighted by Gasteiger charge is -2.16. The number of nitrogens with zero attached hydrogens (tertiary/aromatic N) is 3. The molecular weight excluding hydrogens is 330 g/mol. The first kappa shape index (κ1) is 16.7. The Morgan fingerprint density at radius 1 is 1.27 bits per heavy atom. The topological polar surface area (TPSA) is 81.6 Å². The van der Waals surface area contributed by atoms with Gasteiger partial charge < -0.3 is 9.47 Å². The maximum atomic E-state index is 11.3. The van der Waals surface area contributed by atoms with Crippen molar-refractivity contribution in [3.63, 3.8) is 0 Å². The van der Waals surface area contributed by atoms with Crippen molar-refractivity contribution >= 4 is 32.5 Å². The van der Waals surface area contributed by atoms with Gasteiger partial charge in [0.15, 0.2) is 11.5 Å². The van der Waals surface area contributed by atoms with Crippen LogP contribution in [0.15, 0.2) is 18.5 Å². The molecule has 0 saturated heterocycles. The highest BCUT2D eigenvalue weighted by molar-refractivity contribution is 7.88. The maximum Gasteiger partial charge on any atom is 0.211 e. The zero-order valence-electron chi connectivity index (χ0n) is 12.4. The minimum absolute atomic E-state index is 0.185. The standard InChI is InChI=1S/C13H16ClN3O4S/c1-17(22(3,18)19)4-5-21-12-7-10-9(6-11(12)20-2)13(14)16-8-15-10/h6-8H,4-5H2,1-3H3. The highest BCUT2D eigenvalue weighted by atomic mass is 35.5. The van der Waals surface area contributed by atoms with Crippen molar-refractivity contribution in [3.8, 4) is 11.5 Å². The Labute approximate surface area is 133 Å². The lowest BCUT2D eigenvalue weighted by molar-refractivity contribution is 0.272. The van der Waals surface area contributed by atoms with Gasteiger partial charge in [-0.1, -0.05) is 11.6 Å². The Morgan fingerprint density at radius 2 is 2.00 bits per heavy atom. The third-order valence-corrected chi connectivity index (χ3v) is 4.72. The number of methoxy groups -OCH3 is 1. The minimum atomic E-state index is -3.23. The normalized spacial score (nSPS) is 11.9. The third kappa shape index (κ3) is 3.76. The van der Waals surface area contributed by atoms with Crippen LogP contribution in [0.4, 0.5) is 0 Å². The molecule has 0 aliphatic heterocycles. The van der Waals surface area contributed by atoms with Gasteiger partial charge in [0.05, 0.1) is 18.9 Å². The molecule has 0 N–H and O–H groups in total. The molecular formula is C13H16ClN3O4S. The first-order chi connectivity index (χ1) is 10.3. The van der Waals surface area contributed by atoms with Crippen LogP contribution in [0.2, 0.25) is 5.15 Å². The van der Waals surface area contributed by atoms with E-state index in [0.717, 1.165) is 6.26 Å². The number of hydrogen-bond donors (Lipinski definition) is 0. The number of benzene rings is 1. The molecule has 0 radical (unpaired) electrons. The summed E-state index contributed by atoms with van der Waals surface area (Å²) in [6.07, 6.45) is 2.50. The molecule has 1 aromatic heterocycles. The highest BCUT2D eigenvalue weighted by Gasteiger charge is 2.13. The zero-order chi connectivity index (χ0) is 16.3. The van der Waals surface area contributed by atoms with E-state index in [2.05, 4.69) is 9.97 Å². The summed E-state index contributed by atoms with van der Waals surface area (Å²) in [5.74, 6) is 0.942. The fraction of sp³-hybridized carbons (Fsp3) is 0.385. The molecule has 9 heteroatoms. The predicted octanol–water partition coefficient (Wildman–Crippen LogP) is 1.56. The van der Waals surface area contributed by atoms with Crippen molar-refractivity contribution in [2.24, 2.45) is 0 Å². The van der Waals surface area contributed by atoms with Crippen molar-refractivity contribution in [1.29, 1.82) is 0 Å². The maximum absolute atomic E-state index is 11.3. The Kier molecular flexibility index (Phi) is 5.05. The molecule has 2 rings (SSSR count). The lowest BCUT2D eigenvalue weighted by atomic mass is 10.2.